The molecule has 112 valence electrons. The molecule has 0 unspecified atom stereocenters. The zero-order valence-corrected chi connectivity index (χ0v) is 11.4. The highest BCUT2D eigenvalue weighted by atomic mass is 19.1. The normalized spacial score (nSPS) is 10.9. The van der Waals surface area contributed by atoms with Gasteiger partial charge in [-0.05, 0) is 42.2 Å². The Bertz CT molecular complexity index is 737. The molecule has 5 heteroatoms. The fourth-order valence-corrected chi connectivity index (χ4v) is 2.10. The summed E-state index contributed by atoms with van der Waals surface area (Å²) in [5.41, 5.74) is 0.00139. The smallest absolute Gasteiger partial charge is 0.144 e. The van der Waals surface area contributed by atoms with E-state index in [1.54, 1.807) is 6.07 Å². The molecule has 0 spiro atoms. The van der Waals surface area contributed by atoms with E-state index in [0.717, 1.165) is 12.1 Å². The molecule has 0 bridgehead atoms. The summed E-state index contributed by atoms with van der Waals surface area (Å²) >= 11 is 0. The first-order chi connectivity index (χ1) is 10.6. The molecule has 0 aliphatic heterocycles. The van der Waals surface area contributed by atoms with Crippen LogP contribution in [0.4, 0.5) is 17.6 Å². The molecule has 0 amide bonds. The van der Waals surface area contributed by atoms with Crippen LogP contribution in [0.3, 0.4) is 0 Å². The van der Waals surface area contributed by atoms with Crippen LogP contribution in [0.15, 0.2) is 42.7 Å². The van der Waals surface area contributed by atoms with E-state index in [1.807, 2.05) is 0 Å². The van der Waals surface area contributed by atoms with Crippen molar-refractivity contribution in [3.63, 3.8) is 0 Å². The van der Waals surface area contributed by atoms with E-state index in [0.29, 0.717) is 24.7 Å². The van der Waals surface area contributed by atoms with Crippen LogP contribution in [0.25, 0.3) is 11.1 Å². The van der Waals surface area contributed by atoms with Crippen molar-refractivity contribution in [3.05, 3.63) is 71.3 Å². The summed E-state index contributed by atoms with van der Waals surface area (Å²) in [6.07, 6.45) is 2.62. The molecule has 0 heterocycles. The predicted octanol–water partition coefficient (Wildman–Crippen LogP) is 5.06. The minimum absolute atomic E-state index is 0.0155. The Morgan fingerprint density at radius 3 is 2.23 bits per heavy atom. The van der Waals surface area contributed by atoms with Crippen LogP contribution < -0.4 is 0 Å². The molecule has 0 aliphatic carbocycles. The molecule has 22 heavy (non-hydrogen) atoms. The SMILES string of the molecule is N#Cc1c(F)cc(-c2ccc(CCC=CF)cc2F)cc1F. The molecule has 2 aromatic carbocycles. The van der Waals surface area contributed by atoms with Gasteiger partial charge in [0.05, 0.1) is 6.33 Å². The maximum Gasteiger partial charge on any atom is 0.144 e. The van der Waals surface area contributed by atoms with Gasteiger partial charge >= 0.3 is 0 Å². The van der Waals surface area contributed by atoms with E-state index in [2.05, 4.69) is 0 Å². The zero-order valence-electron chi connectivity index (χ0n) is 11.4. The third-order valence-electron chi connectivity index (χ3n) is 3.19. The average molecular weight is 305 g/mol. The van der Waals surface area contributed by atoms with Crippen molar-refractivity contribution in [2.75, 3.05) is 0 Å². The fourth-order valence-electron chi connectivity index (χ4n) is 2.10. The Hall–Kier alpha value is -2.61. The number of aryl methyl sites for hydroxylation is 1. The molecule has 1 nitrogen and oxygen atoms in total. The highest BCUT2D eigenvalue weighted by Gasteiger charge is 2.14. The summed E-state index contributed by atoms with van der Waals surface area (Å²) < 4.78 is 53.1. The molecule has 0 aliphatic rings. The lowest BCUT2D eigenvalue weighted by atomic mass is 10.00. The summed E-state index contributed by atoms with van der Waals surface area (Å²) in [6.45, 7) is 0. The van der Waals surface area contributed by atoms with E-state index in [1.165, 1.54) is 24.3 Å². The number of nitriles is 1. The van der Waals surface area contributed by atoms with Gasteiger partial charge in [0.1, 0.15) is 29.1 Å². The van der Waals surface area contributed by atoms with Gasteiger partial charge in [-0.1, -0.05) is 18.2 Å². The van der Waals surface area contributed by atoms with Gasteiger partial charge in [-0.2, -0.15) is 5.26 Å². The highest BCUT2D eigenvalue weighted by Crippen LogP contribution is 2.27. The summed E-state index contributed by atoms with van der Waals surface area (Å²) in [5.74, 6) is -2.70. The van der Waals surface area contributed by atoms with Crippen molar-refractivity contribution in [2.24, 2.45) is 0 Å². The van der Waals surface area contributed by atoms with Gasteiger partial charge in [0.25, 0.3) is 0 Å². The number of allylic oxidation sites excluding steroid dienone is 1. The van der Waals surface area contributed by atoms with Crippen molar-refractivity contribution in [1.29, 1.82) is 5.26 Å². The lowest BCUT2D eigenvalue weighted by molar-refractivity contribution is 0.577. The van der Waals surface area contributed by atoms with E-state index in [-0.39, 0.29) is 11.1 Å². The molecule has 0 saturated carbocycles. The van der Waals surface area contributed by atoms with Crippen molar-refractivity contribution in [3.8, 4) is 17.2 Å². The van der Waals surface area contributed by atoms with Gasteiger partial charge in [-0.15, -0.1) is 0 Å². The summed E-state index contributed by atoms with van der Waals surface area (Å²) in [6, 6.07) is 7.52. The first kappa shape index (κ1) is 15.8. The largest absolute Gasteiger partial charge is 0.216 e. The van der Waals surface area contributed by atoms with E-state index < -0.39 is 23.0 Å². The predicted molar refractivity (Wildman–Crippen MR) is 75.0 cm³/mol. The second kappa shape index (κ2) is 6.90. The quantitative estimate of drug-likeness (QED) is 0.724. The number of rotatable bonds is 4. The van der Waals surface area contributed by atoms with E-state index in [4.69, 9.17) is 5.26 Å². The maximum atomic E-state index is 14.1. The number of hydrogen-bond donors (Lipinski definition) is 0. The van der Waals surface area contributed by atoms with Gasteiger partial charge in [0.2, 0.25) is 0 Å². The second-order valence-corrected chi connectivity index (χ2v) is 4.64. The Labute approximate surface area is 125 Å². The maximum absolute atomic E-state index is 14.1. The van der Waals surface area contributed by atoms with Crippen molar-refractivity contribution < 1.29 is 17.6 Å². The molecule has 0 atom stereocenters. The molecule has 0 radical (unpaired) electrons. The van der Waals surface area contributed by atoms with Crippen LogP contribution in [0.1, 0.15) is 17.5 Å². The summed E-state index contributed by atoms with van der Waals surface area (Å²) in [5, 5.41) is 8.62. The molecule has 2 aromatic rings. The summed E-state index contributed by atoms with van der Waals surface area (Å²) in [4.78, 5) is 0. The lowest BCUT2D eigenvalue weighted by Gasteiger charge is -2.07. The topological polar surface area (TPSA) is 23.8 Å². The Kier molecular flexibility index (Phi) is 4.95. The fraction of sp³-hybridized carbons (Fsp3) is 0.118. The van der Waals surface area contributed by atoms with Gasteiger partial charge < -0.3 is 0 Å². The molecule has 0 N–H and O–H groups in total. The molecule has 0 aromatic heterocycles. The van der Waals surface area contributed by atoms with Crippen LogP contribution in [-0.2, 0) is 6.42 Å². The lowest BCUT2D eigenvalue weighted by Crippen LogP contribution is -1.94. The number of benzene rings is 2. The Morgan fingerprint density at radius 2 is 1.68 bits per heavy atom. The number of halogens is 4. The second-order valence-electron chi connectivity index (χ2n) is 4.64. The van der Waals surface area contributed by atoms with Crippen molar-refractivity contribution >= 4 is 0 Å². The molecular formula is C17H11F4N. The first-order valence-corrected chi connectivity index (χ1v) is 6.50. The number of nitrogens with zero attached hydrogens (tertiary/aromatic N) is 1. The van der Waals surface area contributed by atoms with Gasteiger partial charge in [0, 0.05) is 5.56 Å². The van der Waals surface area contributed by atoms with Crippen LogP contribution >= 0.6 is 0 Å². The average Bonchev–Trinajstić information content (AvgIpc) is 2.47. The zero-order chi connectivity index (χ0) is 16.1. The van der Waals surface area contributed by atoms with Gasteiger partial charge in [0.15, 0.2) is 0 Å². The van der Waals surface area contributed by atoms with Crippen molar-refractivity contribution in [2.45, 2.75) is 12.8 Å². The Balaban J connectivity index is 2.36. The molecular weight excluding hydrogens is 294 g/mol. The minimum Gasteiger partial charge on any atom is -0.216 e. The summed E-state index contributed by atoms with van der Waals surface area (Å²) in [7, 11) is 0. The third kappa shape index (κ3) is 3.34. The minimum atomic E-state index is -1.03. The van der Waals surface area contributed by atoms with Crippen LogP contribution in [-0.4, -0.2) is 0 Å². The molecule has 0 saturated heterocycles. The van der Waals surface area contributed by atoms with E-state index >= 15 is 0 Å². The van der Waals surface area contributed by atoms with Gasteiger partial charge in [-0.3, -0.25) is 0 Å². The van der Waals surface area contributed by atoms with Crippen LogP contribution in [0.5, 0.6) is 0 Å². The van der Waals surface area contributed by atoms with E-state index in [9.17, 15) is 17.6 Å². The van der Waals surface area contributed by atoms with Crippen molar-refractivity contribution in [1.82, 2.24) is 0 Å². The Morgan fingerprint density at radius 1 is 1.00 bits per heavy atom. The monoisotopic (exact) mass is 305 g/mol. The highest BCUT2D eigenvalue weighted by molar-refractivity contribution is 5.65. The van der Waals surface area contributed by atoms with Crippen LogP contribution in [0, 0.1) is 28.8 Å². The molecule has 2 rings (SSSR count). The third-order valence-corrected chi connectivity index (χ3v) is 3.19. The van der Waals surface area contributed by atoms with Crippen LogP contribution in [0.2, 0.25) is 0 Å². The number of hydrogen-bond acceptors (Lipinski definition) is 1. The van der Waals surface area contributed by atoms with Gasteiger partial charge in [-0.25, -0.2) is 17.6 Å². The first-order valence-electron chi connectivity index (χ1n) is 6.50. The molecule has 0 fully saturated rings. The standard InChI is InChI=1S/C17H11F4N/c18-6-2-1-3-11-4-5-13(15(19)7-11)12-8-16(20)14(10-22)17(21)9-12/h2,4-9H,1,3H2.